The highest BCUT2D eigenvalue weighted by Gasteiger charge is 2.25. The first-order chi connectivity index (χ1) is 14.2. The first-order valence-corrected chi connectivity index (χ1v) is 10.5. The molecule has 7 heteroatoms. The van der Waals surface area contributed by atoms with E-state index in [0.29, 0.717) is 17.1 Å². The zero-order valence-electron chi connectivity index (χ0n) is 16.6. The Balaban J connectivity index is 1.47. The molecule has 152 valence electrons. The number of nitrogens with one attached hydrogen (secondary N) is 2. The first-order valence-electron chi connectivity index (χ1n) is 10.5. The zero-order chi connectivity index (χ0) is 20.1. The van der Waals surface area contributed by atoms with Crippen molar-refractivity contribution < 1.29 is 9.59 Å². The highest BCUT2D eigenvalue weighted by molar-refractivity contribution is 6.06. The van der Waals surface area contributed by atoms with E-state index in [4.69, 9.17) is 0 Å². The standard InChI is InChI=1S/C22H27N5O2/c28-21(16-6-5-7-16)26-20-14-17(8-11-24-20)22(29)25-18-15-23-10-9-19(18)27-12-3-1-2-4-13-27/h8-11,14-16H,1-7,12-13H2,(H,25,29)(H,24,26,28). The molecule has 29 heavy (non-hydrogen) atoms. The molecule has 1 aliphatic carbocycles. The van der Waals surface area contributed by atoms with Crippen molar-refractivity contribution in [2.75, 3.05) is 28.6 Å². The van der Waals surface area contributed by atoms with Gasteiger partial charge in [0.15, 0.2) is 0 Å². The minimum absolute atomic E-state index is 0.0167. The number of anilines is 3. The van der Waals surface area contributed by atoms with Crippen LogP contribution in [0, 0.1) is 5.92 Å². The van der Waals surface area contributed by atoms with Gasteiger partial charge in [-0.3, -0.25) is 14.6 Å². The summed E-state index contributed by atoms with van der Waals surface area (Å²) in [7, 11) is 0. The third kappa shape index (κ3) is 4.72. The fourth-order valence-electron chi connectivity index (χ4n) is 3.80. The maximum absolute atomic E-state index is 12.9. The highest BCUT2D eigenvalue weighted by atomic mass is 16.2. The number of carbonyl (C=O) groups is 2. The maximum atomic E-state index is 12.9. The van der Waals surface area contributed by atoms with Gasteiger partial charge in [0.1, 0.15) is 5.82 Å². The molecule has 2 fully saturated rings. The van der Waals surface area contributed by atoms with Crippen LogP contribution in [0.5, 0.6) is 0 Å². The molecule has 0 atom stereocenters. The summed E-state index contributed by atoms with van der Waals surface area (Å²) >= 11 is 0. The minimum atomic E-state index is -0.240. The van der Waals surface area contributed by atoms with Gasteiger partial charge < -0.3 is 15.5 Å². The van der Waals surface area contributed by atoms with Crippen molar-refractivity contribution >= 4 is 29.0 Å². The number of rotatable bonds is 5. The van der Waals surface area contributed by atoms with E-state index in [0.717, 1.165) is 50.9 Å². The van der Waals surface area contributed by atoms with Gasteiger partial charge in [-0.25, -0.2) is 4.98 Å². The van der Waals surface area contributed by atoms with Crippen LogP contribution < -0.4 is 15.5 Å². The molecule has 2 aromatic heterocycles. The second-order valence-corrected chi connectivity index (χ2v) is 7.80. The van der Waals surface area contributed by atoms with Crippen molar-refractivity contribution in [3.05, 3.63) is 42.4 Å². The molecular weight excluding hydrogens is 366 g/mol. The normalized spacial score (nSPS) is 17.2. The van der Waals surface area contributed by atoms with Gasteiger partial charge in [-0.1, -0.05) is 19.3 Å². The Hall–Kier alpha value is -2.96. The quantitative estimate of drug-likeness (QED) is 0.806. The van der Waals surface area contributed by atoms with Gasteiger partial charge in [0.2, 0.25) is 5.91 Å². The third-order valence-corrected chi connectivity index (χ3v) is 5.74. The molecule has 7 nitrogen and oxygen atoms in total. The number of amides is 2. The van der Waals surface area contributed by atoms with Crippen molar-refractivity contribution in [3.8, 4) is 0 Å². The van der Waals surface area contributed by atoms with E-state index >= 15 is 0 Å². The number of carbonyl (C=O) groups excluding carboxylic acids is 2. The van der Waals surface area contributed by atoms with E-state index in [1.807, 2.05) is 6.07 Å². The summed E-state index contributed by atoms with van der Waals surface area (Å²) in [5, 5.41) is 5.81. The van der Waals surface area contributed by atoms with Crippen LogP contribution in [0.4, 0.5) is 17.2 Å². The molecule has 0 aromatic carbocycles. The molecule has 1 saturated heterocycles. The van der Waals surface area contributed by atoms with Gasteiger partial charge >= 0.3 is 0 Å². The van der Waals surface area contributed by atoms with Gasteiger partial charge in [-0.05, 0) is 43.9 Å². The Labute approximate surface area is 170 Å². The van der Waals surface area contributed by atoms with Crippen LogP contribution in [0.3, 0.4) is 0 Å². The smallest absolute Gasteiger partial charge is 0.255 e. The molecule has 4 rings (SSSR count). The highest BCUT2D eigenvalue weighted by Crippen LogP contribution is 2.29. The van der Waals surface area contributed by atoms with Crippen LogP contribution in [-0.2, 0) is 4.79 Å². The van der Waals surface area contributed by atoms with Crippen molar-refractivity contribution in [2.45, 2.75) is 44.9 Å². The summed E-state index contributed by atoms with van der Waals surface area (Å²) in [6.45, 7) is 1.97. The summed E-state index contributed by atoms with van der Waals surface area (Å²) in [5.74, 6) is 0.224. The lowest BCUT2D eigenvalue weighted by atomic mass is 9.85. The molecule has 3 heterocycles. The van der Waals surface area contributed by atoms with Crippen LogP contribution in [0.15, 0.2) is 36.8 Å². The third-order valence-electron chi connectivity index (χ3n) is 5.74. The second-order valence-electron chi connectivity index (χ2n) is 7.80. The molecule has 0 bridgehead atoms. The Kier molecular flexibility index (Phi) is 6.03. The SMILES string of the molecule is O=C(Nc1cnccc1N1CCCCCC1)c1ccnc(NC(=O)C2CCC2)c1. The van der Waals surface area contributed by atoms with Crippen molar-refractivity contribution in [2.24, 2.45) is 5.92 Å². The lowest BCUT2D eigenvalue weighted by Crippen LogP contribution is -2.28. The molecule has 0 spiro atoms. The predicted molar refractivity (Wildman–Crippen MR) is 113 cm³/mol. The lowest BCUT2D eigenvalue weighted by molar-refractivity contribution is -0.122. The van der Waals surface area contributed by atoms with Gasteiger partial charge in [0.05, 0.1) is 17.6 Å². The Morgan fingerprint density at radius 3 is 2.48 bits per heavy atom. The van der Waals surface area contributed by atoms with E-state index in [1.165, 1.54) is 12.8 Å². The van der Waals surface area contributed by atoms with E-state index in [-0.39, 0.29) is 17.7 Å². The van der Waals surface area contributed by atoms with E-state index in [2.05, 4.69) is 25.5 Å². The van der Waals surface area contributed by atoms with Crippen molar-refractivity contribution in [1.82, 2.24) is 9.97 Å². The fourth-order valence-corrected chi connectivity index (χ4v) is 3.80. The number of nitrogens with zero attached hydrogens (tertiary/aromatic N) is 3. The van der Waals surface area contributed by atoms with Crippen LogP contribution >= 0.6 is 0 Å². The Morgan fingerprint density at radius 1 is 0.966 bits per heavy atom. The summed E-state index contributed by atoms with van der Waals surface area (Å²) in [6, 6.07) is 5.22. The zero-order valence-corrected chi connectivity index (χ0v) is 16.6. The van der Waals surface area contributed by atoms with E-state index in [9.17, 15) is 9.59 Å². The van der Waals surface area contributed by atoms with Gasteiger partial charge in [0, 0.05) is 37.0 Å². The molecule has 0 radical (unpaired) electrons. The van der Waals surface area contributed by atoms with E-state index < -0.39 is 0 Å². The molecule has 2 amide bonds. The second kappa shape index (κ2) is 9.03. The largest absolute Gasteiger partial charge is 0.370 e. The van der Waals surface area contributed by atoms with Crippen LogP contribution in [0.1, 0.15) is 55.3 Å². The number of hydrogen-bond donors (Lipinski definition) is 2. The molecule has 0 unspecified atom stereocenters. The van der Waals surface area contributed by atoms with Gasteiger partial charge in [-0.15, -0.1) is 0 Å². The summed E-state index contributed by atoms with van der Waals surface area (Å²) in [6.07, 6.45) is 12.7. The van der Waals surface area contributed by atoms with Crippen LogP contribution in [0.2, 0.25) is 0 Å². The average molecular weight is 393 g/mol. The first kappa shape index (κ1) is 19.4. The molecule has 2 aromatic rings. The average Bonchev–Trinajstić information content (AvgIpc) is 2.96. The topological polar surface area (TPSA) is 87.2 Å². The summed E-state index contributed by atoms with van der Waals surface area (Å²) in [4.78, 5) is 35.7. The Morgan fingerprint density at radius 2 is 1.76 bits per heavy atom. The fraction of sp³-hybridized carbons (Fsp3) is 0.455. The maximum Gasteiger partial charge on any atom is 0.255 e. The number of hydrogen-bond acceptors (Lipinski definition) is 5. The summed E-state index contributed by atoms with van der Waals surface area (Å²) < 4.78 is 0. The molecule has 1 saturated carbocycles. The van der Waals surface area contributed by atoms with Gasteiger partial charge in [-0.2, -0.15) is 0 Å². The van der Waals surface area contributed by atoms with Crippen molar-refractivity contribution in [1.29, 1.82) is 0 Å². The molecule has 2 aliphatic rings. The van der Waals surface area contributed by atoms with Crippen LogP contribution in [0.25, 0.3) is 0 Å². The molecule has 2 N–H and O–H groups in total. The molecule has 1 aliphatic heterocycles. The van der Waals surface area contributed by atoms with Crippen molar-refractivity contribution in [3.63, 3.8) is 0 Å². The van der Waals surface area contributed by atoms with Gasteiger partial charge in [0.25, 0.3) is 5.91 Å². The minimum Gasteiger partial charge on any atom is -0.370 e. The Bertz CT molecular complexity index is 873. The molecular formula is C22H27N5O2. The predicted octanol–water partition coefficient (Wildman–Crippen LogP) is 3.85. The monoisotopic (exact) mass is 393 g/mol. The van der Waals surface area contributed by atoms with E-state index in [1.54, 1.807) is 30.7 Å². The number of aromatic nitrogens is 2. The summed E-state index contributed by atoms with van der Waals surface area (Å²) in [5.41, 5.74) is 2.16. The lowest BCUT2D eigenvalue weighted by Gasteiger charge is -2.25. The number of pyridine rings is 2. The van der Waals surface area contributed by atoms with Crippen LogP contribution in [-0.4, -0.2) is 34.9 Å².